The number of aromatic nitrogens is 1. The summed E-state index contributed by atoms with van der Waals surface area (Å²) in [7, 11) is 1.63. The Balaban J connectivity index is 1.98. The molecule has 1 N–H and O–H groups in total. The van der Waals surface area contributed by atoms with E-state index in [1.165, 1.54) is 29.6 Å². The van der Waals surface area contributed by atoms with Gasteiger partial charge in [0.25, 0.3) is 5.91 Å². The maximum absolute atomic E-state index is 12.4. The number of carbonyl (C=O) groups excluding carboxylic acids is 2. The van der Waals surface area contributed by atoms with Gasteiger partial charge in [-0.1, -0.05) is 22.9 Å². The van der Waals surface area contributed by atoms with E-state index in [9.17, 15) is 9.59 Å². The lowest BCUT2D eigenvalue weighted by atomic mass is 10.3. The molecular weight excluding hydrogens is 406 g/mol. The van der Waals surface area contributed by atoms with Crippen molar-refractivity contribution >= 4 is 62.0 Å². The van der Waals surface area contributed by atoms with Crippen LogP contribution in [0.2, 0.25) is 4.34 Å². The van der Waals surface area contributed by atoms with E-state index < -0.39 is 0 Å². The summed E-state index contributed by atoms with van der Waals surface area (Å²) in [6.07, 6.45) is 0.215. The zero-order valence-corrected chi connectivity index (χ0v) is 17.2. The van der Waals surface area contributed by atoms with E-state index in [0.29, 0.717) is 28.0 Å². The molecule has 0 unspecified atom stereocenters. The molecule has 0 spiro atoms. The molecule has 0 saturated heterocycles. The second-order valence-corrected chi connectivity index (χ2v) is 8.59. The molecule has 142 valence electrons. The Labute approximate surface area is 169 Å². The van der Waals surface area contributed by atoms with Crippen molar-refractivity contribution in [3.05, 3.63) is 44.3 Å². The number of halogens is 1. The molecule has 2 heterocycles. The van der Waals surface area contributed by atoms with E-state index in [0.717, 1.165) is 15.1 Å². The van der Waals surface area contributed by atoms with Crippen molar-refractivity contribution in [2.45, 2.75) is 19.9 Å². The van der Waals surface area contributed by atoms with Crippen molar-refractivity contribution in [2.75, 3.05) is 19.0 Å². The summed E-state index contributed by atoms with van der Waals surface area (Å²) in [6, 6.07) is 9.24. The maximum Gasteiger partial charge on any atom is 0.253 e. The van der Waals surface area contributed by atoms with Gasteiger partial charge in [0.2, 0.25) is 5.91 Å². The molecule has 2 amide bonds. The number of hydrogen-bond donors (Lipinski definition) is 1. The van der Waals surface area contributed by atoms with E-state index in [1.54, 1.807) is 13.2 Å². The topological polar surface area (TPSA) is 72.7 Å². The molecular formula is C18H18ClN3O3S2. The van der Waals surface area contributed by atoms with Gasteiger partial charge in [-0.05, 0) is 30.3 Å². The van der Waals surface area contributed by atoms with Crippen molar-refractivity contribution < 1.29 is 14.3 Å². The third kappa shape index (κ3) is 5.04. The summed E-state index contributed by atoms with van der Waals surface area (Å²) in [5.41, 5.74) is 1.65. The first-order valence-corrected chi connectivity index (χ1v) is 10.2. The molecule has 1 aromatic carbocycles. The Morgan fingerprint density at radius 1 is 1.26 bits per heavy atom. The number of thiophene rings is 1. The summed E-state index contributed by atoms with van der Waals surface area (Å²) in [5.74, 6) is -0.360. The standard InChI is InChI=1S/C18H18ClN3O3S2/c1-11(23)20-12-3-5-14-15(9-12)27-18(22(14)7-8-25-2)21-17(24)10-13-4-6-16(19)26-13/h3-6,9H,7-8,10H2,1-2H3,(H,20,23). The van der Waals surface area contributed by atoms with E-state index in [4.69, 9.17) is 16.3 Å². The van der Waals surface area contributed by atoms with E-state index in [1.807, 2.05) is 28.8 Å². The molecule has 0 aliphatic heterocycles. The third-order valence-corrected chi connectivity index (χ3v) is 5.97. The second-order valence-electron chi connectivity index (χ2n) is 5.78. The highest BCUT2D eigenvalue weighted by Crippen LogP contribution is 2.23. The van der Waals surface area contributed by atoms with Crippen LogP contribution >= 0.6 is 34.3 Å². The van der Waals surface area contributed by atoms with Crippen molar-refractivity contribution in [2.24, 2.45) is 4.99 Å². The van der Waals surface area contributed by atoms with Crippen LogP contribution in [-0.4, -0.2) is 30.1 Å². The summed E-state index contributed by atoms with van der Waals surface area (Å²) in [5, 5.41) is 2.77. The number of methoxy groups -OCH3 is 1. The van der Waals surface area contributed by atoms with Crippen molar-refractivity contribution in [1.82, 2.24) is 4.57 Å². The first kappa shape index (κ1) is 19.8. The number of ether oxygens (including phenoxy) is 1. The molecule has 9 heteroatoms. The Bertz CT molecular complexity index is 1050. The highest BCUT2D eigenvalue weighted by atomic mass is 35.5. The molecule has 27 heavy (non-hydrogen) atoms. The van der Waals surface area contributed by atoms with E-state index in [-0.39, 0.29) is 18.2 Å². The molecule has 0 aliphatic rings. The molecule has 6 nitrogen and oxygen atoms in total. The molecule has 0 radical (unpaired) electrons. The van der Waals surface area contributed by atoms with Gasteiger partial charge in [0.05, 0.1) is 27.6 Å². The Hall–Kier alpha value is -2.00. The fourth-order valence-corrected chi connectivity index (χ4v) is 4.77. The van der Waals surface area contributed by atoms with Crippen LogP contribution in [0.4, 0.5) is 5.69 Å². The summed E-state index contributed by atoms with van der Waals surface area (Å²) >= 11 is 8.71. The van der Waals surface area contributed by atoms with Crippen LogP contribution < -0.4 is 10.1 Å². The van der Waals surface area contributed by atoms with Crippen molar-refractivity contribution in [3.63, 3.8) is 0 Å². The van der Waals surface area contributed by atoms with Crippen molar-refractivity contribution in [1.29, 1.82) is 0 Å². The zero-order valence-electron chi connectivity index (χ0n) is 14.8. The lowest BCUT2D eigenvalue weighted by Gasteiger charge is -2.05. The van der Waals surface area contributed by atoms with Gasteiger partial charge in [0.1, 0.15) is 0 Å². The number of hydrogen-bond acceptors (Lipinski definition) is 5. The normalized spacial score (nSPS) is 11.9. The number of anilines is 1. The number of amides is 2. The molecule has 0 aliphatic carbocycles. The number of carbonyl (C=O) groups is 2. The summed E-state index contributed by atoms with van der Waals surface area (Å²) in [4.78, 5) is 29.5. The SMILES string of the molecule is COCCn1c(=NC(=O)Cc2ccc(Cl)s2)sc2cc(NC(C)=O)ccc21. The van der Waals surface area contributed by atoms with E-state index in [2.05, 4.69) is 10.3 Å². The number of fused-ring (bicyclic) bond motifs is 1. The Kier molecular flexibility index (Phi) is 6.43. The molecule has 2 aromatic heterocycles. The van der Waals surface area contributed by atoms with Crippen LogP contribution in [0, 0.1) is 0 Å². The van der Waals surface area contributed by atoms with E-state index >= 15 is 0 Å². The Morgan fingerprint density at radius 3 is 2.74 bits per heavy atom. The van der Waals surface area contributed by atoms with Gasteiger partial charge in [-0.3, -0.25) is 9.59 Å². The average Bonchev–Trinajstić information content (AvgIpc) is 3.15. The lowest BCUT2D eigenvalue weighted by Crippen LogP contribution is -2.19. The summed E-state index contributed by atoms with van der Waals surface area (Å²) < 4.78 is 8.73. The van der Waals surface area contributed by atoms with Gasteiger partial charge in [-0.25, -0.2) is 0 Å². The minimum absolute atomic E-state index is 0.132. The van der Waals surface area contributed by atoms with Crippen molar-refractivity contribution in [3.8, 4) is 0 Å². The molecule has 0 atom stereocenters. The first-order valence-electron chi connectivity index (χ1n) is 8.18. The van der Waals surface area contributed by atoms with Gasteiger partial charge >= 0.3 is 0 Å². The number of rotatable bonds is 6. The lowest BCUT2D eigenvalue weighted by molar-refractivity contribution is -0.117. The minimum Gasteiger partial charge on any atom is -0.383 e. The molecule has 0 fully saturated rings. The molecule has 0 saturated carbocycles. The smallest absolute Gasteiger partial charge is 0.253 e. The van der Waals surface area contributed by atoms with Crippen LogP contribution in [0.15, 0.2) is 35.3 Å². The van der Waals surface area contributed by atoms with Gasteiger partial charge in [0.15, 0.2) is 4.80 Å². The highest BCUT2D eigenvalue weighted by Gasteiger charge is 2.10. The third-order valence-electron chi connectivity index (χ3n) is 3.70. The average molecular weight is 424 g/mol. The maximum atomic E-state index is 12.4. The summed E-state index contributed by atoms with van der Waals surface area (Å²) in [6.45, 7) is 2.54. The molecule has 3 rings (SSSR count). The van der Waals surface area contributed by atoms with Crippen LogP contribution in [0.5, 0.6) is 0 Å². The van der Waals surface area contributed by atoms with Gasteiger partial charge < -0.3 is 14.6 Å². The highest BCUT2D eigenvalue weighted by molar-refractivity contribution is 7.16. The van der Waals surface area contributed by atoms with Crippen LogP contribution in [-0.2, 0) is 27.3 Å². The number of nitrogens with one attached hydrogen (secondary N) is 1. The van der Waals surface area contributed by atoms with Gasteiger partial charge in [0, 0.05) is 31.1 Å². The zero-order chi connectivity index (χ0) is 19.4. The van der Waals surface area contributed by atoms with Crippen LogP contribution in [0.25, 0.3) is 10.2 Å². The molecule has 3 aromatic rings. The molecule has 0 bridgehead atoms. The number of benzene rings is 1. The fourth-order valence-electron chi connectivity index (χ4n) is 2.58. The predicted octanol–water partition coefficient (Wildman–Crippen LogP) is 3.69. The Morgan fingerprint density at radius 2 is 2.07 bits per heavy atom. The first-order chi connectivity index (χ1) is 13.0. The van der Waals surface area contributed by atoms with Gasteiger partial charge in [-0.2, -0.15) is 4.99 Å². The quantitative estimate of drug-likeness (QED) is 0.657. The van der Waals surface area contributed by atoms with Gasteiger partial charge in [-0.15, -0.1) is 11.3 Å². The second kappa shape index (κ2) is 8.79. The largest absolute Gasteiger partial charge is 0.383 e. The van der Waals surface area contributed by atoms with Crippen LogP contribution in [0.1, 0.15) is 11.8 Å². The fraction of sp³-hybridized carbons (Fsp3) is 0.278. The number of thiazole rings is 1. The minimum atomic E-state index is -0.228. The van der Waals surface area contributed by atoms with Crippen LogP contribution in [0.3, 0.4) is 0 Å². The number of nitrogens with zero attached hydrogens (tertiary/aromatic N) is 2. The monoisotopic (exact) mass is 423 g/mol. The predicted molar refractivity (Wildman–Crippen MR) is 110 cm³/mol.